The Morgan fingerprint density at radius 1 is 1.09 bits per heavy atom. The van der Waals surface area contributed by atoms with Crippen LogP contribution in [0.5, 0.6) is 0 Å². The van der Waals surface area contributed by atoms with Crippen molar-refractivity contribution >= 4 is 35.0 Å². The van der Waals surface area contributed by atoms with Crippen molar-refractivity contribution < 1.29 is 14.0 Å². The van der Waals surface area contributed by atoms with Gasteiger partial charge in [-0.2, -0.15) is 0 Å². The predicted octanol–water partition coefficient (Wildman–Crippen LogP) is 2.95. The van der Waals surface area contributed by atoms with Gasteiger partial charge in [-0.05, 0) is 36.2 Å². The highest BCUT2D eigenvalue weighted by molar-refractivity contribution is 6.35. The van der Waals surface area contributed by atoms with Gasteiger partial charge in [0.05, 0.1) is 12.8 Å². The van der Waals surface area contributed by atoms with Crippen LogP contribution in [-0.2, 0) is 22.6 Å². The van der Waals surface area contributed by atoms with Crippen molar-refractivity contribution in [1.82, 2.24) is 10.6 Å². The number of hydrogen-bond acceptors (Lipinski definition) is 3. The van der Waals surface area contributed by atoms with E-state index in [1.807, 2.05) is 6.07 Å². The summed E-state index contributed by atoms with van der Waals surface area (Å²) in [7, 11) is 0. The van der Waals surface area contributed by atoms with E-state index >= 15 is 0 Å². The number of halogens is 2. The molecule has 0 fully saturated rings. The summed E-state index contributed by atoms with van der Waals surface area (Å²) in [5.74, 6) is -0.0633. The number of carbonyl (C=O) groups excluding carboxylic acids is 2. The summed E-state index contributed by atoms with van der Waals surface area (Å²) in [5, 5.41) is 6.42. The third kappa shape index (κ3) is 5.96. The van der Waals surface area contributed by atoms with Gasteiger partial charge in [-0.3, -0.25) is 9.59 Å². The van der Waals surface area contributed by atoms with Crippen molar-refractivity contribution in [2.45, 2.75) is 19.4 Å². The van der Waals surface area contributed by atoms with E-state index in [1.165, 1.54) is 6.26 Å². The maximum atomic E-state index is 11.7. The van der Waals surface area contributed by atoms with E-state index in [0.717, 1.165) is 5.56 Å². The number of amides is 2. The van der Waals surface area contributed by atoms with Gasteiger partial charge in [0.1, 0.15) is 12.2 Å². The summed E-state index contributed by atoms with van der Waals surface area (Å²) in [4.78, 5) is 23.3. The molecule has 0 aliphatic carbocycles. The lowest BCUT2D eigenvalue weighted by atomic mass is 10.1. The second kappa shape index (κ2) is 8.60. The Bertz CT molecular complexity index is 672. The molecule has 0 aliphatic heterocycles. The first-order chi connectivity index (χ1) is 11.0. The summed E-state index contributed by atoms with van der Waals surface area (Å²) in [5.41, 5.74) is 0.888. The SMILES string of the molecule is O=C(CC(=O)NCc1ccco1)NCCc1ccc(Cl)cc1Cl. The van der Waals surface area contributed by atoms with Crippen LogP contribution in [0.2, 0.25) is 10.0 Å². The van der Waals surface area contributed by atoms with E-state index < -0.39 is 0 Å². The molecule has 2 rings (SSSR count). The molecule has 1 aromatic heterocycles. The van der Waals surface area contributed by atoms with Gasteiger partial charge in [-0.1, -0.05) is 29.3 Å². The first-order valence-corrected chi connectivity index (χ1v) is 7.80. The molecule has 0 saturated heterocycles. The van der Waals surface area contributed by atoms with Crippen LogP contribution in [0.25, 0.3) is 0 Å². The Morgan fingerprint density at radius 2 is 1.87 bits per heavy atom. The van der Waals surface area contributed by atoms with Crippen LogP contribution >= 0.6 is 23.2 Å². The van der Waals surface area contributed by atoms with Crippen LogP contribution in [0.4, 0.5) is 0 Å². The molecule has 0 radical (unpaired) electrons. The molecule has 23 heavy (non-hydrogen) atoms. The van der Waals surface area contributed by atoms with Gasteiger partial charge in [-0.25, -0.2) is 0 Å². The molecule has 0 spiro atoms. The molecular weight excluding hydrogens is 339 g/mol. The third-order valence-corrected chi connectivity index (χ3v) is 3.68. The van der Waals surface area contributed by atoms with Crippen molar-refractivity contribution in [3.8, 4) is 0 Å². The van der Waals surface area contributed by atoms with Crippen molar-refractivity contribution in [3.05, 3.63) is 58.0 Å². The number of furan rings is 1. The Labute approximate surface area is 144 Å². The van der Waals surface area contributed by atoms with Gasteiger partial charge in [0, 0.05) is 16.6 Å². The summed E-state index contributed by atoms with van der Waals surface area (Å²) in [6.45, 7) is 0.658. The summed E-state index contributed by atoms with van der Waals surface area (Å²) in [6.07, 6.45) is 1.86. The second-order valence-electron chi connectivity index (χ2n) is 4.87. The zero-order chi connectivity index (χ0) is 16.7. The molecule has 2 aromatic rings. The molecule has 0 unspecified atom stereocenters. The first kappa shape index (κ1) is 17.4. The third-order valence-electron chi connectivity index (χ3n) is 3.09. The van der Waals surface area contributed by atoms with Gasteiger partial charge >= 0.3 is 0 Å². The van der Waals surface area contributed by atoms with Gasteiger partial charge in [0.25, 0.3) is 0 Å². The van der Waals surface area contributed by atoms with E-state index in [1.54, 1.807) is 24.3 Å². The molecule has 2 amide bonds. The van der Waals surface area contributed by atoms with E-state index in [4.69, 9.17) is 27.6 Å². The monoisotopic (exact) mass is 354 g/mol. The minimum absolute atomic E-state index is 0.227. The Hall–Kier alpha value is -1.98. The number of rotatable bonds is 7. The van der Waals surface area contributed by atoms with Crippen LogP contribution in [0.15, 0.2) is 41.0 Å². The lowest BCUT2D eigenvalue weighted by molar-refractivity contribution is -0.129. The minimum Gasteiger partial charge on any atom is -0.467 e. The van der Waals surface area contributed by atoms with E-state index in [9.17, 15) is 9.59 Å². The second-order valence-corrected chi connectivity index (χ2v) is 5.71. The highest BCUT2D eigenvalue weighted by Gasteiger charge is 2.09. The maximum Gasteiger partial charge on any atom is 0.229 e. The maximum absolute atomic E-state index is 11.7. The highest BCUT2D eigenvalue weighted by Crippen LogP contribution is 2.20. The fourth-order valence-corrected chi connectivity index (χ4v) is 2.43. The summed E-state index contributed by atoms with van der Waals surface area (Å²) in [6, 6.07) is 8.69. The predicted molar refractivity (Wildman–Crippen MR) is 88.3 cm³/mol. The van der Waals surface area contributed by atoms with Gasteiger partial charge in [0.2, 0.25) is 11.8 Å². The van der Waals surface area contributed by atoms with Gasteiger partial charge < -0.3 is 15.1 Å². The number of hydrogen-bond donors (Lipinski definition) is 2. The standard InChI is InChI=1S/C16H16Cl2N2O3/c17-12-4-3-11(14(18)8-12)5-6-19-15(21)9-16(22)20-10-13-2-1-7-23-13/h1-4,7-8H,5-6,9-10H2,(H,19,21)(H,20,22). The van der Waals surface area contributed by atoms with Gasteiger partial charge in [-0.15, -0.1) is 0 Å². The quantitative estimate of drug-likeness (QED) is 0.750. The minimum atomic E-state index is -0.358. The average molecular weight is 355 g/mol. The Balaban J connectivity index is 1.67. The molecule has 5 nitrogen and oxygen atoms in total. The van der Waals surface area contributed by atoms with Crippen molar-refractivity contribution in [1.29, 1.82) is 0 Å². The fraction of sp³-hybridized carbons (Fsp3) is 0.250. The zero-order valence-corrected chi connectivity index (χ0v) is 13.8. The molecule has 0 saturated carbocycles. The van der Waals surface area contributed by atoms with Crippen molar-refractivity contribution in [2.24, 2.45) is 0 Å². The Morgan fingerprint density at radius 3 is 2.57 bits per heavy atom. The molecular formula is C16H16Cl2N2O3. The van der Waals surface area contributed by atoms with E-state index in [0.29, 0.717) is 28.8 Å². The topological polar surface area (TPSA) is 71.3 Å². The molecule has 1 aromatic carbocycles. The van der Waals surface area contributed by atoms with Crippen LogP contribution < -0.4 is 10.6 Å². The highest BCUT2D eigenvalue weighted by atomic mass is 35.5. The van der Waals surface area contributed by atoms with Crippen molar-refractivity contribution in [3.63, 3.8) is 0 Å². The largest absolute Gasteiger partial charge is 0.467 e. The lowest BCUT2D eigenvalue weighted by Crippen LogP contribution is -2.32. The molecule has 7 heteroatoms. The summed E-state index contributed by atoms with van der Waals surface area (Å²) >= 11 is 11.9. The molecule has 2 N–H and O–H groups in total. The average Bonchev–Trinajstić information content (AvgIpc) is 3.01. The number of benzene rings is 1. The molecule has 122 valence electrons. The number of nitrogens with one attached hydrogen (secondary N) is 2. The molecule has 0 aliphatic rings. The smallest absolute Gasteiger partial charge is 0.229 e. The van der Waals surface area contributed by atoms with Crippen LogP contribution in [0.3, 0.4) is 0 Å². The Kier molecular flexibility index (Phi) is 6.50. The molecule has 0 atom stereocenters. The van der Waals surface area contributed by atoms with Crippen LogP contribution in [0, 0.1) is 0 Å². The zero-order valence-electron chi connectivity index (χ0n) is 12.3. The normalized spacial score (nSPS) is 10.3. The fourth-order valence-electron chi connectivity index (χ4n) is 1.93. The summed E-state index contributed by atoms with van der Waals surface area (Å²) < 4.78 is 5.09. The van der Waals surface area contributed by atoms with E-state index in [2.05, 4.69) is 10.6 Å². The number of carbonyl (C=O) groups is 2. The van der Waals surface area contributed by atoms with E-state index in [-0.39, 0.29) is 24.8 Å². The first-order valence-electron chi connectivity index (χ1n) is 7.04. The molecule has 1 heterocycles. The van der Waals surface area contributed by atoms with Crippen LogP contribution in [-0.4, -0.2) is 18.4 Å². The van der Waals surface area contributed by atoms with Crippen LogP contribution in [0.1, 0.15) is 17.7 Å². The van der Waals surface area contributed by atoms with Gasteiger partial charge in [0.15, 0.2) is 0 Å². The van der Waals surface area contributed by atoms with Crippen molar-refractivity contribution in [2.75, 3.05) is 6.54 Å². The molecule has 0 bridgehead atoms. The lowest BCUT2D eigenvalue weighted by Gasteiger charge is -2.07.